The van der Waals surface area contributed by atoms with Gasteiger partial charge in [0.25, 0.3) is 0 Å². The highest BCUT2D eigenvalue weighted by Gasteiger charge is 2.61. The molecule has 1 nitrogen and oxygen atoms in total. The van der Waals surface area contributed by atoms with Crippen LogP contribution in [0.15, 0.2) is 12.2 Å². The third-order valence-electron chi connectivity index (χ3n) is 11.1. The molecule has 0 N–H and O–H groups in total. The Morgan fingerprint density at radius 2 is 1.67 bits per heavy atom. The van der Waals surface area contributed by atoms with Gasteiger partial charge in [0.2, 0.25) is 0 Å². The van der Waals surface area contributed by atoms with Crippen molar-refractivity contribution in [2.24, 2.45) is 58.2 Å². The van der Waals surface area contributed by atoms with E-state index in [0.717, 1.165) is 30.1 Å². The normalized spacial score (nSPS) is 45.8. The van der Waals surface area contributed by atoms with Crippen LogP contribution < -0.4 is 0 Å². The first kappa shape index (κ1) is 22.6. The molecule has 170 valence electrons. The molecule has 0 aromatic heterocycles. The van der Waals surface area contributed by atoms with Gasteiger partial charge >= 0.3 is 0 Å². The van der Waals surface area contributed by atoms with E-state index in [0.29, 0.717) is 40.3 Å². The van der Waals surface area contributed by atoms with E-state index in [1.807, 2.05) is 0 Å². The predicted octanol–water partition coefficient (Wildman–Crippen LogP) is 8.09. The molecule has 4 aliphatic rings. The Labute approximate surface area is 186 Å². The molecule has 1 heteroatoms. The maximum Gasteiger partial charge on any atom is 0.136 e. The molecule has 0 radical (unpaired) electrons. The molecular weight excluding hydrogens is 364 g/mol. The van der Waals surface area contributed by atoms with Gasteiger partial charge in [-0.15, -0.1) is 0 Å². The van der Waals surface area contributed by atoms with Crippen LogP contribution in [0, 0.1) is 58.2 Å². The average Bonchev–Trinajstić information content (AvgIpc) is 3.05. The number of ketones is 1. The van der Waals surface area contributed by atoms with Crippen molar-refractivity contribution in [1.82, 2.24) is 0 Å². The highest BCUT2D eigenvalue weighted by Crippen LogP contribution is 2.67. The molecule has 0 aromatic rings. The summed E-state index contributed by atoms with van der Waals surface area (Å²) < 4.78 is 0. The molecule has 0 saturated heterocycles. The molecule has 0 aliphatic heterocycles. The van der Waals surface area contributed by atoms with E-state index in [9.17, 15) is 4.79 Å². The fourth-order valence-electron chi connectivity index (χ4n) is 9.28. The molecule has 0 bridgehead atoms. The highest BCUT2D eigenvalue weighted by molar-refractivity contribution is 5.83. The molecule has 4 saturated carbocycles. The van der Waals surface area contributed by atoms with Gasteiger partial charge in [-0.3, -0.25) is 4.79 Å². The van der Waals surface area contributed by atoms with Crippen LogP contribution in [0.1, 0.15) is 106 Å². The molecule has 30 heavy (non-hydrogen) atoms. The minimum absolute atomic E-state index is 0.314. The number of rotatable bonds is 5. The van der Waals surface area contributed by atoms with Gasteiger partial charge in [0.05, 0.1) is 0 Å². The van der Waals surface area contributed by atoms with Gasteiger partial charge in [0.1, 0.15) is 5.78 Å². The Kier molecular flexibility index (Phi) is 6.33. The molecule has 4 fully saturated rings. The fraction of sp³-hybridized carbons (Fsp3) is 0.897. The van der Waals surface area contributed by atoms with Gasteiger partial charge in [-0.05, 0) is 97.2 Å². The van der Waals surface area contributed by atoms with Crippen LogP contribution in [-0.4, -0.2) is 5.78 Å². The molecule has 1 unspecified atom stereocenters. The lowest BCUT2D eigenvalue weighted by Crippen LogP contribution is -2.55. The number of fused-ring (bicyclic) bond motifs is 5. The third kappa shape index (κ3) is 3.55. The summed E-state index contributed by atoms with van der Waals surface area (Å²) in [6.45, 7) is 14.7. The topological polar surface area (TPSA) is 17.1 Å². The van der Waals surface area contributed by atoms with Crippen LogP contribution >= 0.6 is 0 Å². The Balaban J connectivity index is 1.53. The largest absolute Gasteiger partial charge is 0.299 e. The van der Waals surface area contributed by atoms with Gasteiger partial charge in [-0.1, -0.05) is 66.5 Å². The van der Waals surface area contributed by atoms with Crippen molar-refractivity contribution in [2.45, 2.75) is 106 Å². The van der Waals surface area contributed by atoms with Crippen molar-refractivity contribution in [3.8, 4) is 0 Å². The molecule has 4 aliphatic carbocycles. The van der Waals surface area contributed by atoms with Crippen LogP contribution in [0.4, 0.5) is 0 Å². The van der Waals surface area contributed by atoms with Crippen molar-refractivity contribution in [1.29, 1.82) is 0 Å². The lowest BCUT2D eigenvalue weighted by molar-refractivity contribution is -0.154. The summed E-state index contributed by atoms with van der Waals surface area (Å²) in [5, 5.41) is 0. The molecule has 4 rings (SSSR count). The van der Waals surface area contributed by atoms with Crippen LogP contribution in [0.5, 0.6) is 0 Å². The first-order valence-electron chi connectivity index (χ1n) is 13.4. The van der Waals surface area contributed by atoms with Crippen LogP contribution in [0.3, 0.4) is 0 Å². The van der Waals surface area contributed by atoms with Gasteiger partial charge in [0.15, 0.2) is 0 Å². The lowest BCUT2D eigenvalue weighted by atomic mass is 9.44. The fourth-order valence-corrected chi connectivity index (χ4v) is 9.28. The van der Waals surface area contributed by atoms with Crippen molar-refractivity contribution in [3.63, 3.8) is 0 Å². The standard InChI is InChI=1S/C29H48O/c1-7-21(19(2)3)12-11-20(4)23-13-14-24-22-18-27(30)26-10-8-9-16-28(26,5)25(22)15-17-29(23,24)6/h11-12,19-26H,7-10,13-18H2,1-6H3/b12-11+/t20-,21-,22+,23-,24+,25+,26?,28-,29-/m1/s1. The van der Waals surface area contributed by atoms with Crippen molar-refractivity contribution >= 4 is 5.78 Å². The Bertz CT molecular complexity index is 661. The van der Waals surface area contributed by atoms with E-state index in [1.54, 1.807) is 0 Å². The summed E-state index contributed by atoms with van der Waals surface area (Å²) in [5.41, 5.74) is 0.761. The summed E-state index contributed by atoms with van der Waals surface area (Å²) >= 11 is 0. The van der Waals surface area contributed by atoms with E-state index in [-0.39, 0.29) is 0 Å². The van der Waals surface area contributed by atoms with Gasteiger partial charge in [-0.25, -0.2) is 0 Å². The van der Waals surface area contributed by atoms with Crippen molar-refractivity contribution in [3.05, 3.63) is 12.2 Å². The Morgan fingerprint density at radius 3 is 2.37 bits per heavy atom. The quantitative estimate of drug-likeness (QED) is 0.417. The molecule has 0 aromatic carbocycles. The van der Waals surface area contributed by atoms with E-state index in [4.69, 9.17) is 0 Å². The monoisotopic (exact) mass is 412 g/mol. The molecular formula is C29H48O. The minimum Gasteiger partial charge on any atom is -0.299 e. The summed E-state index contributed by atoms with van der Waals surface area (Å²) in [5.74, 6) is 6.22. The van der Waals surface area contributed by atoms with E-state index >= 15 is 0 Å². The zero-order chi connectivity index (χ0) is 21.7. The van der Waals surface area contributed by atoms with Gasteiger partial charge in [-0.2, -0.15) is 0 Å². The van der Waals surface area contributed by atoms with Gasteiger partial charge in [0, 0.05) is 12.3 Å². The molecule has 0 amide bonds. The number of hydrogen-bond acceptors (Lipinski definition) is 1. The SMILES string of the molecule is CC[C@H](/C=C/[C@@H](C)[C@H]1CC[C@H]2[C@@H]3CC(=O)C4CCCC[C@]4(C)[C@H]3CC[C@]12C)C(C)C. The molecule has 0 spiro atoms. The summed E-state index contributed by atoms with van der Waals surface area (Å²) in [7, 11) is 0. The smallest absolute Gasteiger partial charge is 0.136 e. The summed E-state index contributed by atoms with van der Waals surface area (Å²) in [6.07, 6.45) is 17.9. The van der Waals surface area contributed by atoms with Crippen molar-refractivity contribution < 1.29 is 4.79 Å². The van der Waals surface area contributed by atoms with Gasteiger partial charge < -0.3 is 0 Å². The van der Waals surface area contributed by atoms with Crippen molar-refractivity contribution in [2.75, 3.05) is 0 Å². The number of carbonyl (C=O) groups is 1. The second-order valence-electron chi connectivity index (χ2n) is 12.6. The second kappa shape index (κ2) is 8.40. The Hall–Kier alpha value is -0.590. The zero-order valence-corrected chi connectivity index (χ0v) is 20.8. The number of Topliss-reactive ketones (excluding diaryl/α,β-unsaturated/α-hetero) is 1. The first-order chi connectivity index (χ1) is 14.2. The summed E-state index contributed by atoms with van der Waals surface area (Å²) in [6, 6.07) is 0. The van der Waals surface area contributed by atoms with E-state index in [1.165, 1.54) is 57.8 Å². The maximum absolute atomic E-state index is 13.3. The maximum atomic E-state index is 13.3. The lowest BCUT2D eigenvalue weighted by Gasteiger charge is -2.60. The summed E-state index contributed by atoms with van der Waals surface area (Å²) in [4.78, 5) is 13.3. The van der Waals surface area contributed by atoms with Crippen LogP contribution in [-0.2, 0) is 4.79 Å². The third-order valence-corrected chi connectivity index (χ3v) is 11.1. The number of allylic oxidation sites excluding steroid dienone is 2. The van der Waals surface area contributed by atoms with Crippen LogP contribution in [0.2, 0.25) is 0 Å². The minimum atomic E-state index is 0.314. The van der Waals surface area contributed by atoms with Crippen LogP contribution in [0.25, 0.3) is 0 Å². The second-order valence-corrected chi connectivity index (χ2v) is 12.6. The van der Waals surface area contributed by atoms with E-state index in [2.05, 4.69) is 53.7 Å². The predicted molar refractivity (Wildman–Crippen MR) is 127 cm³/mol. The number of carbonyl (C=O) groups excluding carboxylic acids is 1. The molecule has 9 atom stereocenters. The Morgan fingerprint density at radius 1 is 0.933 bits per heavy atom. The first-order valence-corrected chi connectivity index (χ1v) is 13.4. The highest BCUT2D eigenvalue weighted by atomic mass is 16.1. The molecule has 0 heterocycles. The zero-order valence-electron chi connectivity index (χ0n) is 20.8. The van der Waals surface area contributed by atoms with E-state index < -0.39 is 0 Å². The average molecular weight is 413 g/mol. The number of hydrogen-bond donors (Lipinski definition) is 0.